The van der Waals surface area contributed by atoms with Crippen LogP contribution in [0.25, 0.3) is 0 Å². The zero-order chi connectivity index (χ0) is 13.7. The van der Waals surface area contributed by atoms with E-state index >= 15 is 0 Å². The van der Waals surface area contributed by atoms with E-state index in [1.807, 2.05) is 0 Å². The van der Waals surface area contributed by atoms with E-state index < -0.39 is 0 Å². The molecule has 2 nitrogen and oxygen atoms in total. The Hall–Kier alpha value is -0.0800. The third-order valence-electron chi connectivity index (χ3n) is 6.78. The van der Waals surface area contributed by atoms with E-state index in [0.717, 1.165) is 30.1 Å². The van der Waals surface area contributed by atoms with Crippen molar-refractivity contribution in [1.29, 1.82) is 0 Å². The second-order valence-electron chi connectivity index (χ2n) is 9.06. The summed E-state index contributed by atoms with van der Waals surface area (Å²) in [5.41, 5.74) is 0.332. The van der Waals surface area contributed by atoms with Crippen LogP contribution in [0.5, 0.6) is 0 Å². The quantitative estimate of drug-likeness (QED) is 0.788. The molecule has 0 radical (unpaired) electrons. The summed E-state index contributed by atoms with van der Waals surface area (Å²) >= 11 is 0. The third kappa shape index (κ3) is 1.45. The van der Waals surface area contributed by atoms with Crippen LogP contribution in [0, 0.1) is 40.9 Å². The zero-order valence-electron chi connectivity index (χ0n) is 12.9. The van der Waals surface area contributed by atoms with Gasteiger partial charge in [-0.1, -0.05) is 13.8 Å². The molecule has 0 spiro atoms. The van der Waals surface area contributed by atoms with Gasteiger partial charge >= 0.3 is 0 Å². The van der Waals surface area contributed by atoms with Crippen LogP contribution in [0.2, 0.25) is 0 Å². The van der Waals surface area contributed by atoms with Crippen LogP contribution in [-0.4, -0.2) is 22.9 Å². The van der Waals surface area contributed by atoms with E-state index in [1.54, 1.807) is 0 Å². The molecule has 0 unspecified atom stereocenters. The lowest BCUT2D eigenvalue weighted by Crippen LogP contribution is -2.36. The Kier molecular flexibility index (Phi) is 2.25. The van der Waals surface area contributed by atoms with Crippen molar-refractivity contribution in [3.63, 3.8) is 0 Å². The van der Waals surface area contributed by atoms with Crippen LogP contribution in [-0.2, 0) is 4.74 Å². The van der Waals surface area contributed by atoms with Gasteiger partial charge in [0.15, 0.2) is 0 Å². The van der Waals surface area contributed by atoms with Crippen molar-refractivity contribution in [2.45, 2.75) is 65.3 Å². The molecular formula is C17H28O2. The average molecular weight is 264 g/mol. The summed E-state index contributed by atoms with van der Waals surface area (Å²) in [6, 6.07) is 0. The molecule has 5 fully saturated rings. The van der Waals surface area contributed by atoms with Crippen LogP contribution < -0.4 is 0 Å². The van der Waals surface area contributed by atoms with Gasteiger partial charge in [0.25, 0.3) is 0 Å². The molecule has 108 valence electrons. The van der Waals surface area contributed by atoms with E-state index in [1.165, 1.54) is 6.42 Å². The third-order valence-corrected chi connectivity index (χ3v) is 6.78. The van der Waals surface area contributed by atoms with E-state index in [4.69, 9.17) is 4.74 Å². The first-order chi connectivity index (χ1) is 8.74. The van der Waals surface area contributed by atoms with E-state index in [-0.39, 0.29) is 11.7 Å². The summed E-state index contributed by atoms with van der Waals surface area (Å²) < 4.78 is 6.45. The maximum absolute atomic E-state index is 10.4. The minimum absolute atomic E-state index is 0.0287. The first-order valence-electron chi connectivity index (χ1n) is 8.10. The van der Waals surface area contributed by atoms with Crippen LogP contribution >= 0.6 is 0 Å². The first-order valence-corrected chi connectivity index (χ1v) is 8.10. The minimum Gasteiger partial charge on any atom is -0.393 e. The summed E-state index contributed by atoms with van der Waals surface area (Å²) in [6.07, 6.45) is 2.62. The summed E-state index contributed by atoms with van der Waals surface area (Å²) in [6.45, 7) is 11.2. The zero-order valence-corrected chi connectivity index (χ0v) is 12.9. The standard InChI is InChI=1S/C17H28O2/c1-8-6-9-11-12-14(11)17(5,7-10(8)18)13(9)15(12)19-16(2,3)4/h8-15,18H,6-7H2,1-5H3/t8-,9-,10-,11+,12+,13-,14+,15+,17-/m0/s1. The van der Waals surface area contributed by atoms with Gasteiger partial charge in [-0.2, -0.15) is 0 Å². The molecule has 0 heterocycles. The van der Waals surface area contributed by atoms with Gasteiger partial charge in [-0.15, -0.1) is 0 Å². The van der Waals surface area contributed by atoms with Crippen molar-refractivity contribution >= 4 is 0 Å². The predicted octanol–water partition coefficient (Wildman–Crippen LogP) is 3.09. The van der Waals surface area contributed by atoms with Crippen molar-refractivity contribution in [2.75, 3.05) is 0 Å². The van der Waals surface area contributed by atoms with Crippen LogP contribution in [0.15, 0.2) is 0 Å². The van der Waals surface area contributed by atoms with Gasteiger partial charge in [-0.05, 0) is 74.5 Å². The second kappa shape index (κ2) is 3.39. The highest BCUT2D eigenvalue weighted by Gasteiger charge is 2.83. The van der Waals surface area contributed by atoms with Gasteiger partial charge in [0, 0.05) is 0 Å². The van der Waals surface area contributed by atoms with Crippen molar-refractivity contribution in [1.82, 2.24) is 0 Å². The lowest BCUT2D eigenvalue weighted by molar-refractivity contribution is -0.0907. The highest BCUT2D eigenvalue weighted by Crippen LogP contribution is 2.84. The summed E-state index contributed by atoms with van der Waals surface area (Å²) in [4.78, 5) is 0. The molecule has 0 aromatic carbocycles. The second-order valence-corrected chi connectivity index (χ2v) is 9.06. The molecule has 5 saturated carbocycles. The lowest BCUT2D eigenvalue weighted by Gasteiger charge is -2.35. The first kappa shape index (κ1) is 12.6. The lowest BCUT2D eigenvalue weighted by atomic mass is 9.75. The summed E-state index contributed by atoms with van der Waals surface area (Å²) in [5, 5.41) is 10.4. The predicted molar refractivity (Wildman–Crippen MR) is 74.6 cm³/mol. The Morgan fingerprint density at radius 2 is 1.84 bits per heavy atom. The Balaban J connectivity index is 1.67. The van der Waals surface area contributed by atoms with Crippen molar-refractivity contribution in [2.24, 2.45) is 40.9 Å². The smallest absolute Gasteiger partial charge is 0.0652 e. The van der Waals surface area contributed by atoms with Gasteiger partial charge < -0.3 is 9.84 Å². The topological polar surface area (TPSA) is 29.5 Å². The van der Waals surface area contributed by atoms with Crippen LogP contribution in [0.1, 0.15) is 47.5 Å². The maximum atomic E-state index is 10.4. The fourth-order valence-corrected chi connectivity index (χ4v) is 6.40. The summed E-state index contributed by atoms with van der Waals surface area (Å²) in [5.74, 6) is 4.63. The molecular weight excluding hydrogens is 236 g/mol. The molecule has 0 saturated heterocycles. The monoisotopic (exact) mass is 264 g/mol. The van der Waals surface area contributed by atoms with Gasteiger partial charge in [-0.25, -0.2) is 0 Å². The number of hydrogen-bond donors (Lipinski definition) is 1. The largest absolute Gasteiger partial charge is 0.393 e. The minimum atomic E-state index is -0.0897. The highest BCUT2D eigenvalue weighted by atomic mass is 16.5. The Morgan fingerprint density at radius 3 is 2.47 bits per heavy atom. The molecule has 9 atom stereocenters. The van der Waals surface area contributed by atoms with E-state index in [2.05, 4.69) is 34.6 Å². The van der Waals surface area contributed by atoms with E-state index in [0.29, 0.717) is 23.4 Å². The maximum Gasteiger partial charge on any atom is 0.0652 e. The highest BCUT2D eigenvalue weighted by molar-refractivity contribution is 5.30. The number of aliphatic hydroxyl groups excluding tert-OH is 1. The molecule has 6 bridgehead atoms. The molecule has 1 N–H and O–H groups in total. The molecule has 5 aliphatic rings. The van der Waals surface area contributed by atoms with Crippen LogP contribution in [0.4, 0.5) is 0 Å². The molecule has 0 aromatic heterocycles. The van der Waals surface area contributed by atoms with E-state index in [9.17, 15) is 5.11 Å². The van der Waals surface area contributed by atoms with Gasteiger partial charge in [0.1, 0.15) is 0 Å². The molecule has 0 aliphatic heterocycles. The van der Waals surface area contributed by atoms with Crippen molar-refractivity contribution < 1.29 is 9.84 Å². The van der Waals surface area contributed by atoms with Crippen molar-refractivity contribution in [3.05, 3.63) is 0 Å². The van der Waals surface area contributed by atoms with Gasteiger partial charge in [0.05, 0.1) is 17.8 Å². The number of aliphatic hydroxyl groups is 1. The summed E-state index contributed by atoms with van der Waals surface area (Å²) in [7, 11) is 0. The molecule has 5 rings (SSSR count). The fraction of sp³-hybridized carbons (Fsp3) is 1.00. The molecule has 0 amide bonds. The van der Waals surface area contributed by atoms with Gasteiger partial charge in [0.2, 0.25) is 0 Å². The molecule has 5 aliphatic carbocycles. The number of rotatable bonds is 1. The molecule has 2 heteroatoms. The number of ether oxygens (including phenoxy) is 1. The Labute approximate surface area is 116 Å². The number of hydrogen-bond acceptors (Lipinski definition) is 2. The Morgan fingerprint density at radius 1 is 1.16 bits per heavy atom. The van der Waals surface area contributed by atoms with Crippen molar-refractivity contribution in [3.8, 4) is 0 Å². The molecule has 19 heavy (non-hydrogen) atoms. The normalized spacial score (nSPS) is 62.2. The Bertz CT molecular complexity index is 412. The molecule has 0 aromatic rings. The van der Waals surface area contributed by atoms with Gasteiger partial charge in [-0.3, -0.25) is 0 Å². The fourth-order valence-electron chi connectivity index (χ4n) is 6.40. The SMILES string of the molecule is C[C@H]1C[C@H]2[C@@H]3[C@H]4[C@@H](OC(C)(C)C)[C@H]2[C@](C)(C[C@@H]1O)[C@H]34. The average Bonchev–Trinajstić information content (AvgIpc) is 2.80. The van der Waals surface area contributed by atoms with Crippen LogP contribution in [0.3, 0.4) is 0 Å².